The Balaban J connectivity index is 1.83. The lowest BCUT2D eigenvalue weighted by Crippen LogP contribution is -2.33. The fourth-order valence-electron chi connectivity index (χ4n) is 2.25. The maximum absolute atomic E-state index is 8.50. The van der Waals surface area contributed by atoms with Gasteiger partial charge in [0.05, 0.1) is 6.61 Å². The van der Waals surface area contributed by atoms with E-state index in [4.69, 9.17) is 14.7 Å². The Labute approximate surface area is 114 Å². The molecule has 2 rings (SSSR count). The summed E-state index contributed by atoms with van der Waals surface area (Å²) in [6, 6.07) is 10.3. The third-order valence-electron chi connectivity index (χ3n) is 3.50. The molecule has 1 fully saturated rings. The molecule has 0 amide bonds. The molecule has 102 valence electrons. The van der Waals surface area contributed by atoms with Crippen LogP contribution in [0.2, 0.25) is 0 Å². The van der Waals surface area contributed by atoms with Gasteiger partial charge in [-0.15, -0.1) is 0 Å². The predicted molar refractivity (Wildman–Crippen MR) is 72.8 cm³/mol. The topological polar surface area (TPSA) is 54.3 Å². The van der Waals surface area contributed by atoms with Crippen LogP contribution in [0.1, 0.15) is 18.9 Å². The molecule has 0 saturated carbocycles. The van der Waals surface area contributed by atoms with E-state index >= 15 is 0 Å². The van der Waals surface area contributed by atoms with Crippen LogP contribution in [0, 0.1) is 17.2 Å². The first-order valence-electron chi connectivity index (χ1n) is 6.69. The van der Waals surface area contributed by atoms with Gasteiger partial charge in [-0.3, -0.25) is 0 Å². The number of rotatable bonds is 6. The zero-order chi connectivity index (χ0) is 13.5. The monoisotopic (exact) mass is 260 g/mol. The maximum Gasteiger partial charge on any atom is 0.174 e. The van der Waals surface area contributed by atoms with E-state index in [0.717, 1.165) is 31.9 Å². The summed E-state index contributed by atoms with van der Waals surface area (Å²) in [5.41, 5.74) is 1.17. The highest BCUT2D eigenvalue weighted by Gasteiger charge is 2.21. The standard InChI is InChI=1S/C15H20N2O2/c1-12(14-5-7-18-11-14)17-10-13-3-2-4-15(9-13)19-8-6-16/h2-4,9,12,14,17H,5,7-8,10-11H2,1H3. The van der Waals surface area contributed by atoms with Gasteiger partial charge < -0.3 is 14.8 Å². The first kappa shape index (κ1) is 13.9. The highest BCUT2D eigenvalue weighted by molar-refractivity contribution is 5.28. The van der Waals surface area contributed by atoms with Crippen molar-refractivity contribution in [2.45, 2.75) is 25.9 Å². The van der Waals surface area contributed by atoms with Crippen LogP contribution >= 0.6 is 0 Å². The average molecular weight is 260 g/mol. The van der Waals surface area contributed by atoms with E-state index < -0.39 is 0 Å². The molecule has 2 unspecified atom stereocenters. The third kappa shape index (κ3) is 4.23. The smallest absolute Gasteiger partial charge is 0.174 e. The van der Waals surface area contributed by atoms with Crippen LogP contribution in [0.3, 0.4) is 0 Å². The van der Waals surface area contributed by atoms with E-state index in [2.05, 4.69) is 18.3 Å². The van der Waals surface area contributed by atoms with Crippen molar-refractivity contribution in [2.24, 2.45) is 5.92 Å². The molecule has 1 aliphatic rings. The average Bonchev–Trinajstić information content (AvgIpc) is 2.97. The van der Waals surface area contributed by atoms with Crippen molar-refractivity contribution in [1.29, 1.82) is 5.26 Å². The molecule has 19 heavy (non-hydrogen) atoms. The number of nitrogens with one attached hydrogen (secondary N) is 1. The number of hydrogen-bond donors (Lipinski definition) is 1. The van der Waals surface area contributed by atoms with Crippen LogP contribution in [-0.4, -0.2) is 25.9 Å². The number of nitrogens with zero attached hydrogens (tertiary/aromatic N) is 1. The molecule has 0 radical (unpaired) electrons. The summed E-state index contributed by atoms with van der Waals surface area (Å²) in [5, 5.41) is 12.0. The second-order valence-corrected chi connectivity index (χ2v) is 4.89. The van der Waals surface area contributed by atoms with E-state index in [1.165, 1.54) is 5.56 Å². The SMILES string of the molecule is CC(NCc1cccc(OCC#N)c1)C1CCOC1. The second kappa shape index (κ2) is 7.13. The van der Waals surface area contributed by atoms with E-state index in [9.17, 15) is 0 Å². The minimum atomic E-state index is 0.0900. The van der Waals surface area contributed by atoms with Gasteiger partial charge in [0.2, 0.25) is 0 Å². The Bertz CT molecular complexity index is 436. The van der Waals surface area contributed by atoms with Crippen molar-refractivity contribution in [1.82, 2.24) is 5.32 Å². The molecule has 0 aliphatic carbocycles. The normalized spacial score (nSPS) is 19.9. The fraction of sp³-hybridized carbons (Fsp3) is 0.533. The summed E-state index contributed by atoms with van der Waals surface area (Å²) >= 11 is 0. The van der Waals surface area contributed by atoms with Gasteiger partial charge in [-0.05, 0) is 37.0 Å². The first-order chi connectivity index (χ1) is 9.29. The van der Waals surface area contributed by atoms with Gasteiger partial charge in [0, 0.05) is 19.2 Å². The third-order valence-corrected chi connectivity index (χ3v) is 3.50. The maximum atomic E-state index is 8.50. The molecule has 2 atom stereocenters. The lowest BCUT2D eigenvalue weighted by Gasteiger charge is -2.19. The summed E-state index contributed by atoms with van der Waals surface area (Å²) < 4.78 is 10.7. The first-order valence-corrected chi connectivity index (χ1v) is 6.69. The van der Waals surface area contributed by atoms with Gasteiger partial charge in [-0.1, -0.05) is 12.1 Å². The molecule has 1 aliphatic heterocycles. The zero-order valence-electron chi connectivity index (χ0n) is 11.3. The second-order valence-electron chi connectivity index (χ2n) is 4.89. The molecule has 0 spiro atoms. The van der Waals surface area contributed by atoms with E-state index in [0.29, 0.717) is 12.0 Å². The molecule has 1 N–H and O–H groups in total. The van der Waals surface area contributed by atoms with Crippen molar-refractivity contribution in [2.75, 3.05) is 19.8 Å². The number of ether oxygens (including phenoxy) is 2. The van der Waals surface area contributed by atoms with Gasteiger partial charge in [0.1, 0.15) is 11.8 Å². The molecular weight excluding hydrogens is 240 g/mol. The summed E-state index contributed by atoms with van der Waals surface area (Å²) in [5.74, 6) is 1.36. The van der Waals surface area contributed by atoms with Gasteiger partial charge in [-0.2, -0.15) is 5.26 Å². The molecule has 1 heterocycles. The van der Waals surface area contributed by atoms with Crippen molar-refractivity contribution in [3.8, 4) is 11.8 Å². The van der Waals surface area contributed by atoms with E-state index in [-0.39, 0.29) is 6.61 Å². The highest BCUT2D eigenvalue weighted by atomic mass is 16.5. The number of hydrogen-bond acceptors (Lipinski definition) is 4. The van der Waals surface area contributed by atoms with Crippen LogP contribution in [0.15, 0.2) is 24.3 Å². The van der Waals surface area contributed by atoms with Gasteiger partial charge in [0.25, 0.3) is 0 Å². The van der Waals surface area contributed by atoms with Gasteiger partial charge >= 0.3 is 0 Å². The Morgan fingerprint density at radius 1 is 1.58 bits per heavy atom. The van der Waals surface area contributed by atoms with Crippen molar-refractivity contribution < 1.29 is 9.47 Å². The minimum Gasteiger partial charge on any atom is -0.479 e. The van der Waals surface area contributed by atoms with Crippen molar-refractivity contribution in [3.05, 3.63) is 29.8 Å². The Morgan fingerprint density at radius 2 is 2.47 bits per heavy atom. The van der Waals surface area contributed by atoms with Crippen LogP contribution in [0.5, 0.6) is 5.75 Å². The van der Waals surface area contributed by atoms with Crippen LogP contribution in [-0.2, 0) is 11.3 Å². The molecule has 0 bridgehead atoms. The molecule has 4 heteroatoms. The van der Waals surface area contributed by atoms with Crippen LogP contribution in [0.4, 0.5) is 0 Å². The number of benzene rings is 1. The molecular formula is C15H20N2O2. The lowest BCUT2D eigenvalue weighted by molar-refractivity contribution is 0.178. The summed E-state index contributed by atoms with van der Waals surface area (Å²) in [6.45, 7) is 4.84. The summed E-state index contributed by atoms with van der Waals surface area (Å²) in [4.78, 5) is 0. The molecule has 4 nitrogen and oxygen atoms in total. The van der Waals surface area contributed by atoms with E-state index in [1.54, 1.807) is 0 Å². The Kier molecular flexibility index (Phi) is 5.20. The van der Waals surface area contributed by atoms with Crippen LogP contribution < -0.4 is 10.1 Å². The Hall–Kier alpha value is -1.57. The predicted octanol–water partition coefficient (Wildman–Crippen LogP) is 2.10. The van der Waals surface area contributed by atoms with Crippen molar-refractivity contribution >= 4 is 0 Å². The van der Waals surface area contributed by atoms with Gasteiger partial charge in [0.15, 0.2) is 6.61 Å². The van der Waals surface area contributed by atoms with E-state index in [1.807, 2.05) is 24.3 Å². The quantitative estimate of drug-likeness (QED) is 0.851. The minimum absolute atomic E-state index is 0.0900. The van der Waals surface area contributed by atoms with Gasteiger partial charge in [-0.25, -0.2) is 0 Å². The summed E-state index contributed by atoms with van der Waals surface area (Å²) in [7, 11) is 0. The highest BCUT2D eigenvalue weighted by Crippen LogP contribution is 2.17. The van der Waals surface area contributed by atoms with Crippen molar-refractivity contribution in [3.63, 3.8) is 0 Å². The largest absolute Gasteiger partial charge is 0.479 e. The Morgan fingerprint density at radius 3 is 3.21 bits per heavy atom. The summed E-state index contributed by atoms with van der Waals surface area (Å²) in [6.07, 6.45) is 1.14. The molecule has 1 saturated heterocycles. The fourth-order valence-corrected chi connectivity index (χ4v) is 2.25. The lowest BCUT2D eigenvalue weighted by atomic mass is 10.0. The molecule has 1 aromatic rings. The van der Waals surface area contributed by atoms with Crippen LogP contribution in [0.25, 0.3) is 0 Å². The number of nitriles is 1. The molecule has 0 aromatic heterocycles. The molecule has 1 aromatic carbocycles. The zero-order valence-corrected chi connectivity index (χ0v) is 11.3.